The van der Waals surface area contributed by atoms with Crippen LogP contribution in [0.1, 0.15) is 37.9 Å². The lowest BCUT2D eigenvalue weighted by Gasteiger charge is -2.26. The van der Waals surface area contributed by atoms with Gasteiger partial charge in [-0.25, -0.2) is 18.9 Å². The van der Waals surface area contributed by atoms with Gasteiger partial charge in [-0.15, -0.1) is 11.8 Å². The molecule has 0 spiro atoms. The molecular weight excluding hydrogens is 401 g/mol. The third kappa shape index (κ3) is 3.90. The zero-order valence-corrected chi connectivity index (χ0v) is 18.4. The molecule has 0 aliphatic carbocycles. The molecule has 0 bridgehead atoms. The highest BCUT2D eigenvalue weighted by atomic mass is 32.2. The molecule has 0 aliphatic rings. The van der Waals surface area contributed by atoms with Crippen LogP contribution in [0.25, 0.3) is 16.6 Å². The summed E-state index contributed by atoms with van der Waals surface area (Å²) in [7, 11) is 0. The number of aromatic nitrogens is 3. The van der Waals surface area contributed by atoms with E-state index in [1.54, 1.807) is 19.1 Å². The van der Waals surface area contributed by atoms with Crippen LogP contribution in [0.4, 0.5) is 10.3 Å². The van der Waals surface area contributed by atoms with Crippen molar-refractivity contribution in [2.75, 3.05) is 24.2 Å². The second-order valence-electron chi connectivity index (χ2n) is 6.93. The number of nitrogens with zero attached hydrogens (tertiary/aromatic N) is 5. The van der Waals surface area contributed by atoms with Gasteiger partial charge in [0.05, 0.1) is 16.8 Å². The van der Waals surface area contributed by atoms with Gasteiger partial charge in [0.1, 0.15) is 28.0 Å². The molecule has 1 aromatic carbocycles. The fraction of sp³-hybridized carbons (Fsp3) is 0.364. The van der Waals surface area contributed by atoms with E-state index < -0.39 is 0 Å². The molecule has 3 aromatic rings. The van der Waals surface area contributed by atoms with Gasteiger partial charge in [-0.1, -0.05) is 13.8 Å². The highest BCUT2D eigenvalue weighted by Gasteiger charge is 2.23. The lowest BCUT2D eigenvalue weighted by Crippen LogP contribution is -2.34. The van der Waals surface area contributed by atoms with E-state index >= 15 is 0 Å². The Kier molecular flexibility index (Phi) is 6.73. The van der Waals surface area contributed by atoms with E-state index in [0.29, 0.717) is 51.9 Å². The summed E-state index contributed by atoms with van der Waals surface area (Å²) in [5.41, 5.74) is 1.40. The van der Waals surface area contributed by atoms with E-state index in [4.69, 9.17) is 4.98 Å². The highest BCUT2D eigenvalue weighted by Crippen LogP contribution is 2.28. The van der Waals surface area contributed by atoms with Crippen molar-refractivity contribution in [1.29, 1.82) is 5.26 Å². The van der Waals surface area contributed by atoms with Crippen LogP contribution in [-0.2, 0) is 0 Å². The number of pyridine rings is 1. The molecule has 3 rings (SSSR count). The lowest BCUT2D eigenvalue weighted by molar-refractivity contribution is 0.627. The molecule has 6 nitrogen and oxygen atoms in total. The van der Waals surface area contributed by atoms with Gasteiger partial charge in [0.15, 0.2) is 0 Å². The summed E-state index contributed by atoms with van der Waals surface area (Å²) in [6.07, 6.45) is 3.58. The zero-order chi connectivity index (χ0) is 21.8. The van der Waals surface area contributed by atoms with Crippen LogP contribution < -0.4 is 10.5 Å². The SMILES string of the molecule is CCCN(CCC)c1nc2c(C#N)c(SC)nc(C)c2c(=O)n1-c1ccc(F)cc1. The van der Waals surface area contributed by atoms with Crippen molar-refractivity contribution in [2.45, 2.75) is 38.6 Å². The van der Waals surface area contributed by atoms with E-state index in [9.17, 15) is 14.4 Å². The average molecular weight is 426 g/mol. The summed E-state index contributed by atoms with van der Waals surface area (Å²) >= 11 is 1.35. The minimum Gasteiger partial charge on any atom is -0.342 e. The summed E-state index contributed by atoms with van der Waals surface area (Å²) in [6.45, 7) is 7.27. The molecule has 0 radical (unpaired) electrons. The van der Waals surface area contributed by atoms with Crippen molar-refractivity contribution in [2.24, 2.45) is 0 Å². The monoisotopic (exact) mass is 425 g/mol. The molecule has 0 saturated carbocycles. The number of thioether (sulfide) groups is 1. The number of benzene rings is 1. The molecule has 0 N–H and O–H groups in total. The van der Waals surface area contributed by atoms with Crippen molar-refractivity contribution in [3.63, 3.8) is 0 Å². The normalized spacial score (nSPS) is 10.9. The van der Waals surface area contributed by atoms with Crippen molar-refractivity contribution >= 4 is 28.6 Å². The summed E-state index contributed by atoms with van der Waals surface area (Å²) in [6, 6.07) is 7.95. The molecule has 0 unspecified atom stereocenters. The van der Waals surface area contributed by atoms with E-state index in [1.807, 2.05) is 11.2 Å². The topological polar surface area (TPSA) is 74.8 Å². The van der Waals surface area contributed by atoms with E-state index in [-0.39, 0.29) is 11.4 Å². The molecule has 2 heterocycles. The Bertz CT molecular complexity index is 1160. The third-order valence-electron chi connectivity index (χ3n) is 4.81. The number of aryl methyl sites for hydroxylation is 1. The van der Waals surface area contributed by atoms with Gasteiger partial charge in [-0.05, 0) is 50.3 Å². The van der Waals surface area contributed by atoms with Gasteiger partial charge in [-0.3, -0.25) is 4.79 Å². The third-order valence-corrected chi connectivity index (χ3v) is 5.49. The summed E-state index contributed by atoms with van der Waals surface area (Å²) in [5, 5.41) is 10.6. The first-order chi connectivity index (χ1) is 14.5. The molecule has 0 aliphatic heterocycles. The first kappa shape index (κ1) is 21.8. The van der Waals surface area contributed by atoms with Gasteiger partial charge in [0, 0.05) is 13.1 Å². The summed E-state index contributed by atoms with van der Waals surface area (Å²) < 4.78 is 15.0. The molecule has 2 aromatic heterocycles. The Labute approximate surface area is 179 Å². The van der Waals surface area contributed by atoms with Crippen molar-refractivity contribution < 1.29 is 4.39 Å². The average Bonchev–Trinajstić information content (AvgIpc) is 2.73. The zero-order valence-electron chi connectivity index (χ0n) is 17.6. The number of fused-ring (bicyclic) bond motifs is 1. The minimum absolute atomic E-state index is 0.306. The smallest absolute Gasteiger partial charge is 0.269 e. The predicted molar refractivity (Wildman–Crippen MR) is 119 cm³/mol. The molecule has 0 saturated heterocycles. The summed E-state index contributed by atoms with van der Waals surface area (Å²) in [5.74, 6) is 0.0762. The predicted octanol–water partition coefficient (Wildman–Crippen LogP) is 4.45. The number of hydrogen-bond donors (Lipinski definition) is 0. The minimum atomic E-state index is -0.379. The first-order valence-corrected chi connectivity index (χ1v) is 11.1. The molecule has 30 heavy (non-hydrogen) atoms. The molecule has 0 amide bonds. The molecule has 0 atom stereocenters. The van der Waals surface area contributed by atoms with Crippen LogP contribution >= 0.6 is 11.8 Å². The maximum absolute atomic E-state index is 13.7. The second kappa shape index (κ2) is 9.26. The number of anilines is 1. The standard InChI is InChI=1S/C22H24FN5OS/c1-5-11-27(12-6-2)22-26-19-17(13-24)20(30-4)25-14(3)18(19)21(29)28(22)16-9-7-15(23)8-10-16/h7-10H,5-6,11-12H2,1-4H3. The maximum atomic E-state index is 13.7. The number of rotatable bonds is 7. The largest absolute Gasteiger partial charge is 0.342 e. The van der Waals surface area contributed by atoms with Crippen LogP contribution in [0.15, 0.2) is 34.1 Å². The fourth-order valence-corrected chi connectivity index (χ4v) is 4.09. The molecule has 0 fully saturated rings. The fourth-order valence-electron chi connectivity index (χ4n) is 3.52. The van der Waals surface area contributed by atoms with Crippen molar-refractivity contribution in [1.82, 2.24) is 14.5 Å². The van der Waals surface area contributed by atoms with Crippen LogP contribution in [-0.4, -0.2) is 33.9 Å². The second-order valence-corrected chi connectivity index (χ2v) is 7.73. The van der Waals surface area contributed by atoms with E-state index in [0.717, 1.165) is 12.8 Å². The van der Waals surface area contributed by atoms with Crippen LogP contribution in [0.3, 0.4) is 0 Å². The molecule has 8 heteroatoms. The van der Waals surface area contributed by atoms with Gasteiger partial charge < -0.3 is 4.90 Å². The van der Waals surface area contributed by atoms with E-state index in [2.05, 4.69) is 24.9 Å². The van der Waals surface area contributed by atoms with Gasteiger partial charge >= 0.3 is 0 Å². The van der Waals surface area contributed by atoms with Crippen LogP contribution in [0.5, 0.6) is 0 Å². The van der Waals surface area contributed by atoms with Crippen molar-refractivity contribution in [3.8, 4) is 11.8 Å². The van der Waals surface area contributed by atoms with Gasteiger partial charge in [0.2, 0.25) is 5.95 Å². The van der Waals surface area contributed by atoms with Crippen molar-refractivity contribution in [3.05, 3.63) is 51.7 Å². The Morgan fingerprint density at radius 1 is 1.17 bits per heavy atom. The Morgan fingerprint density at radius 3 is 2.33 bits per heavy atom. The van der Waals surface area contributed by atoms with Gasteiger partial charge in [-0.2, -0.15) is 5.26 Å². The molecule has 156 valence electrons. The number of hydrogen-bond acceptors (Lipinski definition) is 6. The molecular formula is C22H24FN5OS. The number of halogens is 1. The quantitative estimate of drug-likeness (QED) is 0.521. The van der Waals surface area contributed by atoms with Gasteiger partial charge in [0.25, 0.3) is 5.56 Å². The van der Waals surface area contributed by atoms with E-state index in [1.165, 1.54) is 28.5 Å². The highest BCUT2D eigenvalue weighted by molar-refractivity contribution is 7.98. The van der Waals surface area contributed by atoms with Crippen LogP contribution in [0.2, 0.25) is 0 Å². The lowest BCUT2D eigenvalue weighted by atomic mass is 10.1. The Balaban J connectivity index is 2.48. The summed E-state index contributed by atoms with van der Waals surface area (Å²) in [4.78, 5) is 25.0. The Morgan fingerprint density at radius 2 is 1.80 bits per heavy atom. The van der Waals surface area contributed by atoms with Crippen LogP contribution in [0, 0.1) is 24.1 Å². The number of nitriles is 1. The maximum Gasteiger partial charge on any atom is 0.269 e. The first-order valence-electron chi connectivity index (χ1n) is 9.89. The Hall–Kier alpha value is -2.92.